The number of halogens is 1. The number of benzene rings is 2. The first-order valence-electron chi connectivity index (χ1n) is 7.70. The van der Waals surface area contributed by atoms with E-state index in [4.69, 9.17) is 9.47 Å². The van der Waals surface area contributed by atoms with E-state index in [0.717, 1.165) is 4.47 Å². The van der Waals surface area contributed by atoms with Crippen LogP contribution >= 0.6 is 15.9 Å². The molecule has 2 aromatic rings. The van der Waals surface area contributed by atoms with E-state index in [0.29, 0.717) is 23.7 Å². The van der Waals surface area contributed by atoms with Gasteiger partial charge in [0.1, 0.15) is 5.75 Å². The molecule has 25 heavy (non-hydrogen) atoms. The van der Waals surface area contributed by atoms with Gasteiger partial charge in [-0.25, -0.2) is 5.43 Å². The third kappa shape index (κ3) is 5.79. The average Bonchev–Trinajstić information content (AvgIpc) is 2.58. The Balaban J connectivity index is 1.92. The first kappa shape index (κ1) is 18.8. The van der Waals surface area contributed by atoms with Crippen LogP contribution in [0.5, 0.6) is 17.2 Å². The molecule has 7 heteroatoms. The molecule has 2 aromatic carbocycles. The maximum atomic E-state index is 12.0. The third-order valence-electron chi connectivity index (χ3n) is 3.15. The van der Waals surface area contributed by atoms with Gasteiger partial charge in [0.25, 0.3) is 5.91 Å². The second kappa shape index (κ2) is 9.08. The normalized spacial score (nSPS) is 12.0. The molecule has 132 valence electrons. The highest BCUT2D eigenvalue weighted by Crippen LogP contribution is 2.26. The van der Waals surface area contributed by atoms with Crippen LogP contribution in [-0.2, 0) is 4.79 Å². The summed E-state index contributed by atoms with van der Waals surface area (Å²) in [7, 11) is 0. The molecule has 0 aliphatic carbocycles. The zero-order valence-corrected chi connectivity index (χ0v) is 15.5. The number of ether oxygens (including phenoxy) is 2. The number of carbonyl (C=O) groups excluding carboxylic acids is 1. The van der Waals surface area contributed by atoms with Crippen molar-refractivity contribution in [1.29, 1.82) is 0 Å². The number of hydrazone groups is 1. The van der Waals surface area contributed by atoms with Crippen LogP contribution in [0.3, 0.4) is 0 Å². The lowest BCUT2D eigenvalue weighted by atomic mass is 10.2. The zero-order chi connectivity index (χ0) is 18.2. The number of nitrogens with zero attached hydrogens (tertiary/aromatic N) is 1. The standard InChI is InChI=1S/C18H19BrN2O4/c1-3-24-17-9-13(7-8-16(17)22)11-20-21-18(23)12(2)25-15-6-4-5-14(19)10-15/h4-12,22H,3H2,1-2H3,(H,21,23)/b20-11+. The summed E-state index contributed by atoms with van der Waals surface area (Å²) in [6.45, 7) is 3.90. The molecule has 0 saturated carbocycles. The molecule has 0 bridgehead atoms. The number of aromatic hydroxyl groups is 1. The van der Waals surface area contributed by atoms with Gasteiger partial charge < -0.3 is 14.6 Å². The van der Waals surface area contributed by atoms with Crippen LogP contribution in [-0.4, -0.2) is 29.9 Å². The number of hydrogen-bond donors (Lipinski definition) is 2. The molecule has 0 spiro atoms. The van der Waals surface area contributed by atoms with Gasteiger partial charge in [-0.1, -0.05) is 22.0 Å². The fraction of sp³-hybridized carbons (Fsp3) is 0.222. The smallest absolute Gasteiger partial charge is 0.280 e. The number of phenolic OH excluding ortho intramolecular Hbond substituents is 1. The minimum atomic E-state index is -0.703. The van der Waals surface area contributed by atoms with Crippen molar-refractivity contribution in [3.8, 4) is 17.2 Å². The largest absolute Gasteiger partial charge is 0.504 e. The zero-order valence-electron chi connectivity index (χ0n) is 13.9. The molecule has 0 fully saturated rings. The van der Waals surface area contributed by atoms with Gasteiger partial charge in [-0.15, -0.1) is 0 Å². The van der Waals surface area contributed by atoms with Gasteiger partial charge in [0.05, 0.1) is 12.8 Å². The quantitative estimate of drug-likeness (QED) is 0.544. The molecule has 6 nitrogen and oxygen atoms in total. The average molecular weight is 407 g/mol. The number of rotatable bonds is 7. The summed E-state index contributed by atoms with van der Waals surface area (Å²) in [5.41, 5.74) is 3.10. The van der Waals surface area contributed by atoms with Crippen LogP contribution in [0.25, 0.3) is 0 Å². The summed E-state index contributed by atoms with van der Waals surface area (Å²) < 4.78 is 11.7. The topological polar surface area (TPSA) is 80.2 Å². The second-order valence-electron chi connectivity index (χ2n) is 5.11. The summed E-state index contributed by atoms with van der Waals surface area (Å²) in [6, 6.07) is 12.0. The van der Waals surface area contributed by atoms with E-state index in [2.05, 4.69) is 26.5 Å². The number of carbonyl (C=O) groups is 1. The van der Waals surface area contributed by atoms with Crippen molar-refractivity contribution >= 4 is 28.1 Å². The predicted molar refractivity (Wildman–Crippen MR) is 99.2 cm³/mol. The van der Waals surface area contributed by atoms with Crippen molar-refractivity contribution < 1.29 is 19.4 Å². The first-order chi connectivity index (χ1) is 12.0. The van der Waals surface area contributed by atoms with Gasteiger partial charge in [-0.2, -0.15) is 5.10 Å². The molecule has 1 unspecified atom stereocenters. The van der Waals surface area contributed by atoms with Crippen molar-refractivity contribution in [2.24, 2.45) is 5.10 Å². The number of phenols is 1. The molecule has 0 aromatic heterocycles. The van der Waals surface area contributed by atoms with Gasteiger partial charge in [0.2, 0.25) is 0 Å². The van der Waals surface area contributed by atoms with E-state index in [1.165, 1.54) is 12.3 Å². The Kier molecular flexibility index (Phi) is 6.82. The van der Waals surface area contributed by atoms with Gasteiger partial charge in [0, 0.05) is 4.47 Å². The van der Waals surface area contributed by atoms with E-state index in [1.54, 1.807) is 31.2 Å². The highest BCUT2D eigenvalue weighted by molar-refractivity contribution is 9.10. The Labute approximate surface area is 154 Å². The molecular weight excluding hydrogens is 388 g/mol. The summed E-state index contributed by atoms with van der Waals surface area (Å²) in [5, 5.41) is 13.6. The molecule has 0 aliphatic heterocycles. The van der Waals surface area contributed by atoms with Crippen LogP contribution in [0.2, 0.25) is 0 Å². The highest BCUT2D eigenvalue weighted by Gasteiger charge is 2.14. The lowest BCUT2D eigenvalue weighted by Gasteiger charge is -2.13. The van der Waals surface area contributed by atoms with E-state index < -0.39 is 6.10 Å². The molecular formula is C18H19BrN2O4. The Morgan fingerprint density at radius 1 is 1.36 bits per heavy atom. The molecule has 0 saturated heterocycles. The van der Waals surface area contributed by atoms with Gasteiger partial charge in [-0.05, 0) is 55.8 Å². The van der Waals surface area contributed by atoms with E-state index in [1.807, 2.05) is 19.1 Å². The van der Waals surface area contributed by atoms with Gasteiger partial charge in [-0.3, -0.25) is 4.79 Å². The van der Waals surface area contributed by atoms with Crippen LogP contribution in [0.4, 0.5) is 0 Å². The van der Waals surface area contributed by atoms with Crippen LogP contribution < -0.4 is 14.9 Å². The van der Waals surface area contributed by atoms with Crippen molar-refractivity contribution in [1.82, 2.24) is 5.43 Å². The summed E-state index contributed by atoms with van der Waals surface area (Å²) in [6.07, 6.45) is 0.761. The molecule has 0 aliphatic rings. The fourth-order valence-corrected chi connectivity index (χ4v) is 2.32. The minimum absolute atomic E-state index is 0.0547. The highest BCUT2D eigenvalue weighted by atomic mass is 79.9. The SMILES string of the molecule is CCOc1cc(/C=N/NC(=O)C(C)Oc2cccc(Br)c2)ccc1O. The third-order valence-corrected chi connectivity index (χ3v) is 3.64. The maximum absolute atomic E-state index is 12.0. The number of nitrogens with one attached hydrogen (secondary N) is 1. The van der Waals surface area contributed by atoms with Gasteiger partial charge in [0.15, 0.2) is 17.6 Å². The lowest BCUT2D eigenvalue weighted by Crippen LogP contribution is -2.33. The number of amides is 1. The van der Waals surface area contributed by atoms with Crippen molar-refractivity contribution in [3.63, 3.8) is 0 Å². The molecule has 0 heterocycles. The number of hydrogen-bond acceptors (Lipinski definition) is 5. The summed E-state index contributed by atoms with van der Waals surface area (Å²) >= 11 is 3.35. The molecule has 1 atom stereocenters. The van der Waals surface area contributed by atoms with Gasteiger partial charge >= 0.3 is 0 Å². The van der Waals surface area contributed by atoms with Crippen LogP contribution in [0.15, 0.2) is 52.0 Å². The van der Waals surface area contributed by atoms with Crippen molar-refractivity contribution in [2.75, 3.05) is 6.61 Å². The second-order valence-corrected chi connectivity index (χ2v) is 6.03. The van der Waals surface area contributed by atoms with Crippen LogP contribution in [0.1, 0.15) is 19.4 Å². The van der Waals surface area contributed by atoms with E-state index in [9.17, 15) is 9.90 Å². The monoisotopic (exact) mass is 406 g/mol. The lowest BCUT2D eigenvalue weighted by molar-refractivity contribution is -0.127. The first-order valence-corrected chi connectivity index (χ1v) is 8.50. The van der Waals surface area contributed by atoms with Crippen molar-refractivity contribution in [2.45, 2.75) is 20.0 Å². The summed E-state index contributed by atoms with van der Waals surface area (Å²) in [4.78, 5) is 12.0. The van der Waals surface area contributed by atoms with Crippen LogP contribution in [0, 0.1) is 0 Å². The predicted octanol–water partition coefficient (Wildman–Crippen LogP) is 3.47. The fourth-order valence-electron chi connectivity index (χ4n) is 1.94. The Morgan fingerprint density at radius 2 is 2.16 bits per heavy atom. The Bertz CT molecular complexity index is 764. The van der Waals surface area contributed by atoms with E-state index >= 15 is 0 Å². The maximum Gasteiger partial charge on any atom is 0.280 e. The van der Waals surface area contributed by atoms with E-state index in [-0.39, 0.29) is 11.7 Å². The Hall–Kier alpha value is -2.54. The molecule has 0 radical (unpaired) electrons. The molecule has 2 N–H and O–H groups in total. The molecule has 1 amide bonds. The molecule has 2 rings (SSSR count). The Morgan fingerprint density at radius 3 is 2.88 bits per heavy atom. The van der Waals surface area contributed by atoms with Crippen molar-refractivity contribution in [3.05, 3.63) is 52.5 Å². The minimum Gasteiger partial charge on any atom is -0.504 e. The summed E-state index contributed by atoms with van der Waals surface area (Å²) in [5.74, 6) is 0.629.